The van der Waals surface area contributed by atoms with E-state index in [1.54, 1.807) is 4.90 Å². The van der Waals surface area contributed by atoms with Crippen LogP contribution >= 0.6 is 0 Å². The Hall–Kier alpha value is -1.39. The number of rotatable bonds is 4. The van der Waals surface area contributed by atoms with Crippen LogP contribution in [0.15, 0.2) is 24.3 Å². The van der Waals surface area contributed by atoms with Gasteiger partial charge in [-0.15, -0.1) is 0 Å². The summed E-state index contributed by atoms with van der Waals surface area (Å²) in [5.74, 6) is 0.412. The molecule has 2 unspecified atom stereocenters. The third-order valence-electron chi connectivity index (χ3n) is 3.63. The molecule has 1 aliphatic rings. The smallest absolute Gasteiger partial charge is 0.243 e. The number of carbonyl (C=O) groups excluding carboxylic acids is 1. The fraction of sp³-hybridized carbons (Fsp3) is 0.533. The Bertz CT molecular complexity index is 424. The number of nitrogens with two attached hydrogens (primary N) is 1. The van der Waals surface area contributed by atoms with Crippen LogP contribution in [0.5, 0.6) is 0 Å². The van der Waals surface area contributed by atoms with E-state index in [0.717, 1.165) is 31.7 Å². The molecule has 1 aliphatic heterocycles. The number of benzene rings is 1. The van der Waals surface area contributed by atoms with E-state index in [1.807, 2.05) is 38.2 Å². The molecule has 0 aliphatic carbocycles. The molecule has 1 saturated heterocycles. The summed E-state index contributed by atoms with van der Waals surface area (Å²) in [7, 11) is 1.81. The van der Waals surface area contributed by atoms with Crippen molar-refractivity contribution in [2.24, 2.45) is 11.7 Å². The number of hydrogen-bond acceptors (Lipinski definition) is 3. The SMILES string of the molecule is Cc1ccc(C(N)C(=O)N(C)CC2CCOC2)cc1. The number of ether oxygens (including phenoxy) is 1. The normalized spacial score (nSPS) is 20.3. The van der Waals surface area contributed by atoms with Crippen LogP contribution in [0.2, 0.25) is 0 Å². The van der Waals surface area contributed by atoms with Crippen molar-refractivity contribution in [1.29, 1.82) is 0 Å². The molecule has 0 aromatic heterocycles. The molecule has 1 fully saturated rings. The van der Waals surface area contributed by atoms with Crippen LogP contribution in [0, 0.1) is 12.8 Å². The van der Waals surface area contributed by atoms with Gasteiger partial charge in [0.05, 0.1) is 6.61 Å². The minimum absolute atomic E-state index is 0.0317. The molecule has 1 aromatic carbocycles. The van der Waals surface area contributed by atoms with Crippen LogP contribution in [0.3, 0.4) is 0 Å². The van der Waals surface area contributed by atoms with Gasteiger partial charge in [-0.2, -0.15) is 0 Å². The highest BCUT2D eigenvalue weighted by Gasteiger charge is 2.24. The number of likely N-dealkylation sites (N-methyl/N-ethyl adjacent to an activating group) is 1. The minimum Gasteiger partial charge on any atom is -0.381 e. The van der Waals surface area contributed by atoms with Crippen LogP contribution < -0.4 is 5.73 Å². The van der Waals surface area contributed by atoms with Gasteiger partial charge in [-0.05, 0) is 18.9 Å². The van der Waals surface area contributed by atoms with Gasteiger partial charge in [0, 0.05) is 26.1 Å². The summed E-state index contributed by atoms with van der Waals surface area (Å²) < 4.78 is 5.33. The molecule has 4 nitrogen and oxygen atoms in total. The van der Waals surface area contributed by atoms with Crippen molar-refractivity contribution in [1.82, 2.24) is 4.90 Å². The summed E-state index contributed by atoms with van der Waals surface area (Å²) >= 11 is 0. The predicted molar refractivity (Wildman–Crippen MR) is 74.7 cm³/mol. The van der Waals surface area contributed by atoms with E-state index < -0.39 is 6.04 Å². The quantitative estimate of drug-likeness (QED) is 0.894. The topological polar surface area (TPSA) is 55.6 Å². The zero-order valence-corrected chi connectivity index (χ0v) is 11.6. The van der Waals surface area contributed by atoms with Gasteiger partial charge < -0.3 is 15.4 Å². The van der Waals surface area contributed by atoms with Crippen molar-refractivity contribution in [3.63, 3.8) is 0 Å². The molecule has 2 rings (SSSR count). The van der Waals surface area contributed by atoms with Gasteiger partial charge in [0.25, 0.3) is 0 Å². The van der Waals surface area contributed by atoms with E-state index in [-0.39, 0.29) is 5.91 Å². The molecule has 0 radical (unpaired) electrons. The third kappa shape index (κ3) is 3.55. The maximum Gasteiger partial charge on any atom is 0.243 e. The van der Waals surface area contributed by atoms with Crippen molar-refractivity contribution in [3.05, 3.63) is 35.4 Å². The molecule has 2 N–H and O–H groups in total. The first-order valence-corrected chi connectivity index (χ1v) is 6.73. The molecular formula is C15H22N2O2. The third-order valence-corrected chi connectivity index (χ3v) is 3.63. The first kappa shape index (κ1) is 14.0. The van der Waals surface area contributed by atoms with Crippen molar-refractivity contribution < 1.29 is 9.53 Å². The Labute approximate surface area is 114 Å². The van der Waals surface area contributed by atoms with Gasteiger partial charge in [-0.25, -0.2) is 0 Å². The lowest BCUT2D eigenvalue weighted by atomic mass is 10.0. The number of hydrogen-bond donors (Lipinski definition) is 1. The molecule has 1 aromatic rings. The molecule has 2 atom stereocenters. The van der Waals surface area contributed by atoms with Gasteiger partial charge in [0.15, 0.2) is 0 Å². The fourth-order valence-corrected chi connectivity index (χ4v) is 2.36. The molecule has 0 spiro atoms. The number of amides is 1. The summed E-state index contributed by atoms with van der Waals surface area (Å²) in [6.45, 7) is 4.29. The van der Waals surface area contributed by atoms with Crippen molar-refractivity contribution in [2.45, 2.75) is 19.4 Å². The molecule has 1 heterocycles. The van der Waals surface area contributed by atoms with Gasteiger partial charge in [-0.3, -0.25) is 4.79 Å². The summed E-state index contributed by atoms with van der Waals surface area (Å²) in [6, 6.07) is 7.22. The van der Waals surface area contributed by atoms with E-state index >= 15 is 0 Å². The standard InChI is InChI=1S/C15H22N2O2/c1-11-3-5-13(6-4-11)14(16)15(18)17(2)9-12-7-8-19-10-12/h3-6,12,14H,7-10,16H2,1-2H3. The van der Waals surface area contributed by atoms with E-state index in [0.29, 0.717) is 5.92 Å². The highest BCUT2D eigenvalue weighted by Crippen LogP contribution is 2.17. The van der Waals surface area contributed by atoms with Crippen LogP contribution in [-0.4, -0.2) is 37.6 Å². The minimum atomic E-state index is -0.576. The van der Waals surface area contributed by atoms with E-state index in [9.17, 15) is 4.79 Å². The summed E-state index contributed by atoms with van der Waals surface area (Å²) in [5.41, 5.74) is 8.07. The van der Waals surface area contributed by atoms with E-state index in [2.05, 4.69) is 0 Å². The highest BCUT2D eigenvalue weighted by molar-refractivity contribution is 5.82. The van der Waals surface area contributed by atoms with Crippen molar-refractivity contribution >= 4 is 5.91 Å². The zero-order valence-electron chi connectivity index (χ0n) is 11.6. The second kappa shape index (κ2) is 6.17. The largest absolute Gasteiger partial charge is 0.381 e. The summed E-state index contributed by atoms with van der Waals surface area (Å²) in [6.07, 6.45) is 1.03. The van der Waals surface area contributed by atoms with Crippen LogP contribution in [0.4, 0.5) is 0 Å². The van der Waals surface area contributed by atoms with Gasteiger partial charge >= 0.3 is 0 Å². The van der Waals surface area contributed by atoms with Gasteiger partial charge in [0.2, 0.25) is 5.91 Å². The van der Waals surface area contributed by atoms with Gasteiger partial charge in [-0.1, -0.05) is 29.8 Å². The maximum absolute atomic E-state index is 12.3. The molecule has 104 valence electrons. The highest BCUT2D eigenvalue weighted by atomic mass is 16.5. The Morgan fingerprint density at radius 2 is 2.16 bits per heavy atom. The Balaban J connectivity index is 1.95. The first-order valence-electron chi connectivity index (χ1n) is 6.73. The van der Waals surface area contributed by atoms with Crippen LogP contribution in [-0.2, 0) is 9.53 Å². The Morgan fingerprint density at radius 1 is 1.47 bits per heavy atom. The first-order chi connectivity index (χ1) is 9.08. The zero-order chi connectivity index (χ0) is 13.8. The number of carbonyl (C=O) groups is 1. The lowest BCUT2D eigenvalue weighted by molar-refractivity contribution is -0.132. The predicted octanol–water partition coefficient (Wildman–Crippen LogP) is 1.49. The lowest BCUT2D eigenvalue weighted by Gasteiger charge is -2.24. The Kier molecular flexibility index (Phi) is 4.56. The molecule has 0 bridgehead atoms. The maximum atomic E-state index is 12.3. The van der Waals surface area contributed by atoms with Crippen molar-refractivity contribution in [3.8, 4) is 0 Å². The van der Waals surface area contributed by atoms with Crippen LogP contribution in [0.1, 0.15) is 23.6 Å². The summed E-state index contributed by atoms with van der Waals surface area (Å²) in [4.78, 5) is 14.0. The average molecular weight is 262 g/mol. The average Bonchev–Trinajstić information content (AvgIpc) is 2.90. The monoisotopic (exact) mass is 262 g/mol. The molecule has 1 amide bonds. The summed E-state index contributed by atoms with van der Waals surface area (Å²) in [5, 5.41) is 0. The lowest BCUT2D eigenvalue weighted by Crippen LogP contribution is -2.38. The Morgan fingerprint density at radius 3 is 2.74 bits per heavy atom. The molecular weight excluding hydrogens is 240 g/mol. The molecule has 0 saturated carbocycles. The number of nitrogens with zero attached hydrogens (tertiary/aromatic N) is 1. The fourth-order valence-electron chi connectivity index (χ4n) is 2.36. The molecule has 4 heteroatoms. The van der Waals surface area contributed by atoms with E-state index in [1.165, 1.54) is 5.56 Å². The van der Waals surface area contributed by atoms with E-state index in [4.69, 9.17) is 10.5 Å². The second-order valence-electron chi connectivity index (χ2n) is 5.34. The van der Waals surface area contributed by atoms with Crippen molar-refractivity contribution in [2.75, 3.05) is 26.8 Å². The second-order valence-corrected chi connectivity index (χ2v) is 5.34. The van der Waals surface area contributed by atoms with Gasteiger partial charge in [0.1, 0.15) is 6.04 Å². The molecule has 19 heavy (non-hydrogen) atoms. The number of aryl methyl sites for hydroxylation is 1. The van der Waals surface area contributed by atoms with Crippen LogP contribution in [0.25, 0.3) is 0 Å².